The zero-order valence-corrected chi connectivity index (χ0v) is 13.2. The van der Waals surface area contributed by atoms with Crippen LogP contribution < -0.4 is 0 Å². The Labute approximate surface area is 130 Å². The molecule has 0 saturated heterocycles. The molecular weight excluding hydrogens is 282 g/mol. The van der Waals surface area contributed by atoms with Crippen LogP contribution in [0.2, 0.25) is 0 Å². The summed E-state index contributed by atoms with van der Waals surface area (Å²) in [7, 11) is 0. The van der Waals surface area contributed by atoms with Crippen molar-refractivity contribution < 1.29 is 19.1 Å². The summed E-state index contributed by atoms with van der Waals surface area (Å²) in [5.41, 5.74) is 0.443. The second kappa shape index (κ2) is 6.90. The number of carbonyl (C=O) groups excluding carboxylic acids is 2. The predicted molar refractivity (Wildman–Crippen MR) is 81.0 cm³/mol. The number of hydrogen-bond donors (Lipinski definition) is 0. The van der Waals surface area contributed by atoms with E-state index in [0.717, 1.165) is 0 Å². The van der Waals surface area contributed by atoms with Crippen LogP contribution in [-0.2, 0) is 14.3 Å². The molecule has 0 aliphatic heterocycles. The SMILES string of the molecule is C=C(C(C)=O)C(OC(=O)OC(C)(C)C)c1ccc(C#N)cc1. The molecule has 0 aliphatic carbocycles. The van der Waals surface area contributed by atoms with Crippen molar-refractivity contribution >= 4 is 11.9 Å². The maximum atomic E-state index is 11.8. The summed E-state index contributed by atoms with van der Waals surface area (Å²) in [4.78, 5) is 23.4. The third-order valence-corrected chi connectivity index (χ3v) is 2.71. The number of hydrogen-bond acceptors (Lipinski definition) is 5. The maximum absolute atomic E-state index is 11.8. The summed E-state index contributed by atoms with van der Waals surface area (Å²) in [6.45, 7) is 10.2. The van der Waals surface area contributed by atoms with E-state index in [1.807, 2.05) is 6.07 Å². The molecule has 0 saturated carbocycles. The normalized spacial score (nSPS) is 12.0. The van der Waals surface area contributed by atoms with Gasteiger partial charge in [0.15, 0.2) is 11.9 Å². The molecule has 0 N–H and O–H groups in total. The lowest BCUT2D eigenvalue weighted by molar-refractivity contribution is -0.114. The molecule has 0 aromatic heterocycles. The second-order valence-corrected chi connectivity index (χ2v) is 5.78. The average Bonchev–Trinajstić information content (AvgIpc) is 2.42. The first-order valence-electron chi connectivity index (χ1n) is 6.73. The van der Waals surface area contributed by atoms with E-state index < -0.39 is 17.9 Å². The van der Waals surface area contributed by atoms with E-state index in [0.29, 0.717) is 11.1 Å². The van der Waals surface area contributed by atoms with Crippen molar-refractivity contribution in [3.8, 4) is 6.07 Å². The lowest BCUT2D eigenvalue weighted by atomic mass is 9.99. The van der Waals surface area contributed by atoms with Crippen LogP contribution >= 0.6 is 0 Å². The van der Waals surface area contributed by atoms with Gasteiger partial charge in [0.05, 0.1) is 11.6 Å². The quantitative estimate of drug-likeness (QED) is 0.626. The maximum Gasteiger partial charge on any atom is 0.509 e. The smallest absolute Gasteiger partial charge is 0.429 e. The third kappa shape index (κ3) is 5.06. The minimum absolute atomic E-state index is 0.135. The van der Waals surface area contributed by atoms with Crippen molar-refractivity contribution in [1.82, 2.24) is 0 Å². The summed E-state index contributed by atoms with van der Waals surface area (Å²) < 4.78 is 10.3. The molecule has 5 heteroatoms. The van der Waals surface area contributed by atoms with Gasteiger partial charge in [-0.2, -0.15) is 5.26 Å². The Morgan fingerprint density at radius 1 is 1.23 bits per heavy atom. The molecule has 1 unspecified atom stereocenters. The van der Waals surface area contributed by atoms with Gasteiger partial charge in [0.25, 0.3) is 0 Å². The van der Waals surface area contributed by atoms with Crippen LogP contribution in [0, 0.1) is 11.3 Å². The van der Waals surface area contributed by atoms with Gasteiger partial charge in [-0.05, 0) is 45.4 Å². The van der Waals surface area contributed by atoms with E-state index in [-0.39, 0.29) is 11.4 Å². The Kier molecular flexibility index (Phi) is 5.47. The summed E-state index contributed by atoms with van der Waals surface area (Å²) in [5, 5.41) is 8.81. The highest BCUT2D eigenvalue weighted by atomic mass is 16.7. The molecule has 1 atom stereocenters. The average molecular weight is 301 g/mol. The van der Waals surface area contributed by atoms with Crippen molar-refractivity contribution in [3.63, 3.8) is 0 Å². The highest BCUT2D eigenvalue weighted by molar-refractivity contribution is 5.94. The van der Waals surface area contributed by atoms with E-state index in [2.05, 4.69) is 6.58 Å². The van der Waals surface area contributed by atoms with Crippen LogP contribution in [0.25, 0.3) is 0 Å². The Balaban J connectivity index is 3.03. The third-order valence-electron chi connectivity index (χ3n) is 2.71. The van der Waals surface area contributed by atoms with E-state index in [9.17, 15) is 9.59 Å². The number of ketones is 1. The first-order chi connectivity index (χ1) is 10.1. The van der Waals surface area contributed by atoms with Gasteiger partial charge < -0.3 is 9.47 Å². The fraction of sp³-hybridized carbons (Fsp3) is 0.353. The van der Waals surface area contributed by atoms with E-state index in [1.54, 1.807) is 45.0 Å². The van der Waals surface area contributed by atoms with Crippen LogP contribution in [0.5, 0.6) is 0 Å². The van der Waals surface area contributed by atoms with Gasteiger partial charge in [-0.25, -0.2) is 4.79 Å². The molecule has 0 radical (unpaired) electrons. The molecule has 0 spiro atoms. The molecule has 0 fully saturated rings. The number of nitrogens with zero attached hydrogens (tertiary/aromatic N) is 1. The number of carbonyl (C=O) groups is 2. The zero-order chi connectivity index (χ0) is 16.9. The standard InChI is InChI=1S/C17H19NO4/c1-11(12(2)19)15(21-16(20)22-17(3,4)5)14-8-6-13(10-18)7-9-14/h6-9,15H,1H2,2-5H3. The van der Waals surface area contributed by atoms with Crippen LogP contribution in [0.4, 0.5) is 4.79 Å². The highest BCUT2D eigenvalue weighted by Crippen LogP contribution is 2.27. The van der Waals surface area contributed by atoms with E-state index in [1.165, 1.54) is 6.92 Å². The number of rotatable bonds is 4. The van der Waals surface area contributed by atoms with Crippen LogP contribution in [0.3, 0.4) is 0 Å². The summed E-state index contributed by atoms with van der Waals surface area (Å²) in [6, 6.07) is 8.38. The molecule has 5 nitrogen and oxygen atoms in total. The molecule has 1 aromatic carbocycles. The number of benzene rings is 1. The topological polar surface area (TPSA) is 76.4 Å². The fourth-order valence-corrected chi connectivity index (χ4v) is 1.63. The fourth-order valence-electron chi connectivity index (χ4n) is 1.63. The molecule has 0 amide bonds. The molecule has 0 aliphatic rings. The van der Waals surface area contributed by atoms with Crippen molar-refractivity contribution in [3.05, 3.63) is 47.5 Å². The minimum atomic E-state index is -0.944. The Hall–Kier alpha value is -2.61. The Bertz CT molecular complexity index is 618. The predicted octanol–water partition coefficient (Wildman–Crippen LogP) is 3.70. The van der Waals surface area contributed by atoms with Crippen molar-refractivity contribution in [2.45, 2.75) is 39.4 Å². The lowest BCUT2D eigenvalue weighted by Gasteiger charge is -2.23. The zero-order valence-electron chi connectivity index (χ0n) is 13.2. The first-order valence-corrected chi connectivity index (χ1v) is 6.73. The van der Waals surface area contributed by atoms with Crippen molar-refractivity contribution in [2.75, 3.05) is 0 Å². The monoisotopic (exact) mass is 301 g/mol. The van der Waals surface area contributed by atoms with Crippen molar-refractivity contribution in [2.24, 2.45) is 0 Å². The van der Waals surface area contributed by atoms with Gasteiger partial charge in [-0.1, -0.05) is 18.7 Å². The van der Waals surface area contributed by atoms with Crippen LogP contribution in [0.1, 0.15) is 44.9 Å². The molecule has 22 heavy (non-hydrogen) atoms. The largest absolute Gasteiger partial charge is 0.509 e. The van der Waals surface area contributed by atoms with Gasteiger partial charge in [0.1, 0.15) is 5.60 Å². The van der Waals surface area contributed by atoms with Gasteiger partial charge in [-0.3, -0.25) is 4.79 Å². The molecule has 1 rings (SSSR count). The van der Waals surface area contributed by atoms with E-state index in [4.69, 9.17) is 14.7 Å². The minimum Gasteiger partial charge on any atom is -0.429 e. The lowest BCUT2D eigenvalue weighted by Crippen LogP contribution is -2.26. The van der Waals surface area contributed by atoms with Gasteiger partial charge in [-0.15, -0.1) is 0 Å². The highest BCUT2D eigenvalue weighted by Gasteiger charge is 2.26. The molecule has 0 heterocycles. The second-order valence-electron chi connectivity index (χ2n) is 5.78. The van der Waals surface area contributed by atoms with E-state index >= 15 is 0 Å². The van der Waals surface area contributed by atoms with Crippen LogP contribution in [-0.4, -0.2) is 17.5 Å². The van der Waals surface area contributed by atoms with Gasteiger partial charge >= 0.3 is 6.16 Å². The Morgan fingerprint density at radius 2 is 1.77 bits per heavy atom. The number of Topliss-reactive ketones (excluding diaryl/α,β-unsaturated/α-hetero) is 1. The first kappa shape index (κ1) is 17.4. The van der Waals surface area contributed by atoms with Gasteiger partial charge in [0, 0.05) is 5.57 Å². The summed E-state index contributed by atoms with van der Waals surface area (Å²) in [5.74, 6) is -0.294. The van der Waals surface area contributed by atoms with Crippen molar-refractivity contribution in [1.29, 1.82) is 5.26 Å². The number of ether oxygens (including phenoxy) is 2. The van der Waals surface area contributed by atoms with Gasteiger partial charge in [0.2, 0.25) is 0 Å². The molecule has 1 aromatic rings. The number of nitriles is 1. The summed E-state index contributed by atoms with van der Waals surface area (Å²) >= 11 is 0. The van der Waals surface area contributed by atoms with Crippen LogP contribution in [0.15, 0.2) is 36.4 Å². The molecular formula is C17H19NO4. The summed E-state index contributed by atoms with van der Waals surface area (Å²) in [6.07, 6.45) is -1.83. The molecule has 116 valence electrons. The molecule has 0 bridgehead atoms. The Morgan fingerprint density at radius 3 is 2.18 bits per heavy atom.